The van der Waals surface area contributed by atoms with Gasteiger partial charge >= 0.3 is 0 Å². The van der Waals surface area contributed by atoms with Crippen LogP contribution in [0.2, 0.25) is 0 Å². The van der Waals surface area contributed by atoms with Gasteiger partial charge in [0.05, 0.1) is 12.0 Å². The van der Waals surface area contributed by atoms with Crippen LogP contribution in [0.5, 0.6) is 0 Å². The van der Waals surface area contributed by atoms with Crippen molar-refractivity contribution < 1.29 is 9.59 Å². The Kier molecular flexibility index (Phi) is 2.41. The van der Waals surface area contributed by atoms with Crippen LogP contribution in [0.4, 0.5) is 0 Å². The van der Waals surface area contributed by atoms with Crippen molar-refractivity contribution in [1.29, 1.82) is 0 Å². The Morgan fingerprint density at radius 2 is 2.29 bits per heavy atom. The highest BCUT2D eigenvalue weighted by Gasteiger charge is 2.31. The van der Waals surface area contributed by atoms with Gasteiger partial charge in [0.2, 0.25) is 11.8 Å². The van der Waals surface area contributed by atoms with Gasteiger partial charge in [-0.1, -0.05) is 0 Å². The van der Waals surface area contributed by atoms with E-state index >= 15 is 0 Å². The third-order valence-electron chi connectivity index (χ3n) is 2.84. The van der Waals surface area contributed by atoms with E-state index in [0.29, 0.717) is 13.0 Å². The monoisotopic (exact) mass is 197 g/mol. The van der Waals surface area contributed by atoms with Crippen LogP contribution >= 0.6 is 0 Å². The lowest BCUT2D eigenvalue weighted by atomic mass is 10.0. The summed E-state index contributed by atoms with van der Waals surface area (Å²) in [5.74, 6) is 0.301. The van der Waals surface area contributed by atoms with E-state index < -0.39 is 0 Å². The molecule has 5 heteroatoms. The number of likely N-dealkylation sites (N-methyl/N-ethyl adjacent to an activating group) is 1. The van der Waals surface area contributed by atoms with Crippen LogP contribution in [-0.4, -0.2) is 49.4 Å². The summed E-state index contributed by atoms with van der Waals surface area (Å²) in [6, 6.07) is 0.0144. The first kappa shape index (κ1) is 9.45. The lowest BCUT2D eigenvalue weighted by molar-refractivity contribution is -0.127. The van der Waals surface area contributed by atoms with Gasteiger partial charge in [-0.05, 0) is 0 Å². The molecule has 0 aliphatic carbocycles. The van der Waals surface area contributed by atoms with E-state index in [0.717, 1.165) is 13.1 Å². The maximum absolute atomic E-state index is 11.5. The van der Waals surface area contributed by atoms with Gasteiger partial charge in [0.1, 0.15) is 0 Å². The summed E-state index contributed by atoms with van der Waals surface area (Å²) in [4.78, 5) is 24.4. The van der Waals surface area contributed by atoms with Crippen molar-refractivity contribution >= 4 is 11.8 Å². The zero-order valence-corrected chi connectivity index (χ0v) is 8.25. The summed E-state index contributed by atoms with van der Waals surface area (Å²) >= 11 is 0. The van der Waals surface area contributed by atoms with Crippen molar-refractivity contribution in [1.82, 2.24) is 15.5 Å². The predicted octanol–water partition coefficient (Wildman–Crippen LogP) is -1.45. The zero-order valence-electron chi connectivity index (χ0n) is 8.25. The lowest BCUT2D eigenvalue weighted by Gasteiger charge is -2.27. The molecule has 2 N–H and O–H groups in total. The Labute approximate surface area is 82.8 Å². The average Bonchev–Trinajstić information content (AvgIpc) is 2.26. The molecular formula is C9H15N3O2. The second-order valence-corrected chi connectivity index (χ2v) is 4.04. The molecule has 0 saturated carbocycles. The molecule has 0 radical (unpaired) electrons. The third-order valence-corrected chi connectivity index (χ3v) is 2.84. The van der Waals surface area contributed by atoms with E-state index in [9.17, 15) is 9.59 Å². The summed E-state index contributed by atoms with van der Waals surface area (Å²) in [5, 5.41) is 5.95. The van der Waals surface area contributed by atoms with Crippen molar-refractivity contribution in [3.8, 4) is 0 Å². The van der Waals surface area contributed by atoms with Gasteiger partial charge in [0, 0.05) is 33.1 Å². The zero-order chi connectivity index (χ0) is 10.1. The van der Waals surface area contributed by atoms with Crippen LogP contribution in [-0.2, 0) is 9.59 Å². The van der Waals surface area contributed by atoms with Crippen LogP contribution < -0.4 is 10.6 Å². The molecule has 2 fully saturated rings. The fourth-order valence-corrected chi connectivity index (χ4v) is 1.75. The molecule has 0 aromatic heterocycles. The number of nitrogens with one attached hydrogen (secondary N) is 2. The van der Waals surface area contributed by atoms with Gasteiger partial charge in [-0.15, -0.1) is 0 Å². The van der Waals surface area contributed by atoms with Gasteiger partial charge in [0.25, 0.3) is 0 Å². The van der Waals surface area contributed by atoms with Crippen molar-refractivity contribution in [3.63, 3.8) is 0 Å². The Bertz CT molecular complexity index is 263. The van der Waals surface area contributed by atoms with Crippen molar-refractivity contribution in [2.24, 2.45) is 5.92 Å². The standard InChI is InChI=1S/C9H15N3O2/c1-12-5-7(2-8(12)13)11-9(14)6-3-10-4-6/h6-7,10H,2-5H2,1H3,(H,11,14). The normalized spacial score (nSPS) is 27.6. The quantitative estimate of drug-likeness (QED) is 0.569. The first-order chi connectivity index (χ1) is 6.66. The minimum atomic E-state index is 0.0144. The van der Waals surface area contributed by atoms with Crippen molar-refractivity contribution in [2.45, 2.75) is 12.5 Å². The third kappa shape index (κ3) is 1.72. The van der Waals surface area contributed by atoms with Crippen LogP contribution in [0.1, 0.15) is 6.42 Å². The molecule has 2 aliphatic rings. The number of nitrogens with zero attached hydrogens (tertiary/aromatic N) is 1. The fourth-order valence-electron chi connectivity index (χ4n) is 1.75. The lowest BCUT2D eigenvalue weighted by Crippen LogP contribution is -2.53. The van der Waals surface area contributed by atoms with Crippen LogP contribution in [0.15, 0.2) is 0 Å². The topological polar surface area (TPSA) is 61.4 Å². The van der Waals surface area contributed by atoms with Crippen molar-refractivity contribution in [2.75, 3.05) is 26.7 Å². The molecule has 1 unspecified atom stereocenters. The molecule has 0 bridgehead atoms. The fraction of sp³-hybridized carbons (Fsp3) is 0.778. The molecule has 5 nitrogen and oxygen atoms in total. The van der Waals surface area contributed by atoms with Crippen LogP contribution in [0.3, 0.4) is 0 Å². The average molecular weight is 197 g/mol. The second kappa shape index (κ2) is 3.57. The van der Waals surface area contributed by atoms with Crippen LogP contribution in [0.25, 0.3) is 0 Å². The highest BCUT2D eigenvalue weighted by molar-refractivity contribution is 5.83. The number of rotatable bonds is 2. The molecule has 2 aliphatic heterocycles. The minimum absolute atomic E-state index is 0.0144. The summed E-state index contributed by atoms with van der Waals surface area (Å²) in [6.45, 7) is 2.18. The summed E-state index contributed by atoms with van der Waals surface area (Å²) in [6.07, 6.45) is 0.447. The number of carbonyl (C=O) groups is 2. The van der Waals surface area contributed by atoms with E-state index in [4.69, 9.17) is 0 Å². The SMILES string of the molecule is CN1CC(NC(=O)C2CNC2)CC1=O. The molecular weight excluding hydrogens is 182 g/mol. The number of likely N-dealkylation sites (tertiary alicyclic amines) is 1. The molecule has 2 heterocycles. The number of hydrogen-bond acceptors (Lipinski definition) is 3. The first-order valence-electron chi connectivity index (χ1n) is 4.92. The highest BCUT2D eigenvalue weighted by atomic mass is 16.2. The van der Waals surface area contributed by atoms with Gasteiger partial charge in [-0.2, -0.15) is 0 Å². The van der Waals surface area contributed by atoms with Crippen molar-refractivity contribution in [3.05, 3.63) is 0 Å². The van der Waals surface area contributed by atoms with Crippen LogP contribution in [0, 0.1) is 5.92 Å². The Hall–Kier alpha value is -1.10. The molecule has 1 atom stereocenters. The number of hydrogen-bond donors (Lipinski definition) is 2. The number of carbonyl (C=O) groups excluding carboxylic acids is 2. The maximum atomic E-state index is 11.5. The van der Waals surface area contributed by atoms with Gasteiger partial charge in [-0.25, -0.2) is 0 Å². The molecule has 2 saturated heterocycles. The molecule has 2 amide bonds. The van der Waals surface area contributed by atoms with Gasteiger partial charge in [-0.3, -0.25) is 9.59 Å². The Balaban J connectivity index is 1.80. The molecule has 2 rings (SSSR count). The Morgan fingerprint density at radius 1 is 1.57 bits per heavy atom. The van der Waals surface area contributed by atoms with Gasteiger partial charge in [0.15, 0.2) is 0 Å². The summed E-state index contributed by atoms with van der Waals surface area (Å²) in [7, 11) is 1.76. The van der Waals surface area contributed by atoms with E-state index in [1.165, 1.54) is 0 Å². The maximum Gasteiger partial charge on any atom is 0.225 e. The second-order valence-electron chi connectivity index (χ2n) is 4.04. The molecule has 14 heavy (non-hydrogen) atoms. The Morgan fingerprint density at radius 3 is 2.71 bits per heavy atom. The molecule has 0 aromatic rings. The van der Waals surface area contributed by atoms with E-state index in [1.807, 2.05) is 0 Å². The van der Waals surface area contributed by atoms with E-state index in [1.54, 1.807) is 11.9 Å². The summed E-state index contributed by atoms with van der Waals surface area (Å²) in [5.41, 5.74) is 0. The van der Waals surface area contributed by atoms with Gasteiger partial charge < -0.3 is 15.5 Å². The van der Waals surface area contributed by atoms with E-state index in [2.05, 4.69) is 10.6 Å². The largest absolute Gasteiger partial charge is 0.351 e. The minimum Gasteiger partial charge on any atom is -0.351 e. The summed E-state index contributed by atoms with van der Waals surface area (Å²) < 4.78 is 0. The number of amides is 2. The predicted molar refractivity (Wildman–Crippen MR) is 50.5 cm³/mol. The first-order valence-corrected chi connectivity index (χ1v) is 4.92. The smallest absolute Gasteiger partial charge is 0.225 e. The molecule has 78 valence electrons. The molecule has 0 spiro atoms. The molecule has 0 aromatic carbocycles. The highest BCUT2D eigenvalue weighted by Crippen LogP contribution is 2.10. The van der Waals surface area contributed by atoms with E-state index in [-0.39, 0.29) is 23.8 Å².